The van der Waals surface area contributed by atoms with Crippen LogP contribution in [0.3, 0.4) is 0 Å². The molecule has 1 atom stereocenters. The van der Waals surface area contributed by atoms with E-state index in [9.17, 15) is 9.59 Å². The summed E-state index contributed by atoms with van der Waals surface area (Å²) in [7, 11) is 1.38. The molecule has 0 saturated carbocycles. The fourth-order valence-electron chi connectivity index (χ4n) is 3.73. The van der Waals surface area contributed by atoms with Crippen LogP contribution in [0.1, 0.15) is 31.2 Å². The molecule has 1 aromatic rings. The van der Waals surface area contributed by atoms with E-state index in [1.54, 1.807) is 16.2 Å². The number of piperidine rings is 1. The molecule has 3 heterocycles. The first-order chi connectivity index (χ1) is 12.2. The molecule has 7 heteroatoms. The second-order valence-electron chi connectivity index (χ2n) is 6.76. The number of likely N-dealkylation sites (tertiary alicyclic amines) is 1. The maximum Gasteiger partial charge on any atom is 0.410 e. The Morgan fingerprint density at radius 1 is 1.16 bits per heavy atom. The number of nitrogens with zero attached hydrogens (tertiary/aromatic N) is 3. The Morgan fingerprint density at radius 2 is 2.04 bits per heavy atom. The van der Waals surface area contributed by atoms with Crippen molar-refractivity contribution < 1.29 is 14.3 Å². The number of amides is 2. The molecule has 1 aromatic heterocycles. The average molecular weight is 365 g/mol. The molecule has 1 unspecified atom stereocenters. The molecule has 138 valence electrons. The van der Waals surface area contributed by atoms with Gasteiger partial charge in [0.2, 0.25) is 5.91 Å². The van der Waals surface area contributed by atoms with E-state index in [1.165, 1.54) is 12.7 Å². The van der Waals surface area contributed by atoms with Gasteiger partial charge in [0.25, 0.3) is 0 Å². The van der Waals surface area contributed by atoms with Crippen LogP contribution in [0, 0.1) is 0 Å². The number of methoxy groups -OCH3 is 1. The van der Waals surface area contributed by atoms with Gasteiger partial charge in [-0.1, -0.05) is 0 Å². The van der Waals surface area contributed by atoms with E-state index < -0.39 is 0 Å². The molecule has 0 spiro atoms. The number of carbonyl (C=O) groups excluding carboxylic acids is 2. The lowest BCUT2D eigenvalue weighted by molar-refractivity contribution is -0.137. The molecule has 0 aliphatic carbocycles. The number of rotatable bonds is 3. The third kappa shape index (κ3) is 4.52. The van der Waals surface area contributed by atoms with Gasteiger partial charge >= 0.3 is 6.09 Å². The van der Waals surface area contributed by atoms with Crippen molar-refractivity contribution in [1.29, 1.82) is 0 Å². The van der Waals surface area contributed by atoms with E-state index in [1.807, 2.05) is 4.90 Å². The number of ether oxygens (including phenoxy) is 1. The van der Waals surface area contributed by atoms with Crippen LogP contribution in [-0.4, -0.2) is 72.6 Å². The van der Waals surface area contributed by atoms with E-state index >= 15 is 0 Å². The summed E-state index contributed by atoms with van der Waals surface area (Å²) >= 11 is 1.72. The highest BCUT2D eigenvalue weighted by Gasteiger charge is 2.35. The van der Waals surface area contributed by atoms with Crippen LogP contribution < -0.4 is 0 Å². The summed E-state index contributed by atoms with van der Waals surface area (Å²) in [5.74, 6) is 0.0856. The normalized spacial score (nSPS) is 22.5. The average Bonchev–Trinajstić information content (AvgIpc) is 3.05. The van der Waals surface area contributed by atoms with Gasteiger partial charge in [0.05, 0.1) is 7.11 Å². The topological polar surface area (TPSA) is 53.1 Å². The minimum atomic E-state index is -0.382. The van der Waals surface area contributed by atoms with Gasteiger partial charge in [-0.25, -0.2) is 4.79 Å². The quantitative estimate of drug-likeness (QED) is 0.825. The van der Waals surface area contributed by atoms with Crippen molar-refractivity contribution in [2.24, 2.45) is 0 Å². The van der Waals surface area contributed by atoms with Crippen LogP contribution in [0.2, 0.25) is 0 Å². The summed E-state index contributed by atoms with van der Waals surface area (Å²) in [5.41, 5.74) is 1.34. The third-order valence-electron chi connectivity index (χ3n) is 5.08. The van der Waals surface area contributed by atoms with Gasteiger partial charge in [-0.3, -0.25) is 14.6 Å². The highest BCUT2D eigenvalue weighted by molar-refractivity contribution is 7.07. The predicted molar refractivity (Wildman–Crippen MR) is 97.5 cm³/mol. The minimum absolute atomic E-state index is 0.0856. The fourth-order valence-corrected chi connectivity index (χ4v) is 4.38. The van der Waals surface area contributed by atoms with Crippen LogP contribution in [0.15, 0.2) is 16.8 Å². The lowest BCUT2D eigenvalue weighted by Crippen LogP contribution is -2.53. The molecule has 6 nitrogen and oxygen atoms in total. The SMILES string of the molecule is COC(=O)N1CCCCC1C(=O)N1CCCN(Cc2ccsc2)CC1. The van der Waals surface area contributed by atoms with Gasteiger partial charge in [0.1, 0.15) is 6.04 Å². The molecule has 2 saturated heterocycles. The van der Waals surface area contributed by atoms with Gasteiger partial charge in [-0.05, 0) is 48.1 Å². The van der Waals surface area contributed by atoms with Crippen molar-refractivity contribution in [2.45, 2.75) is 38.3 Å². The molecular weight excluding hydrogens is 338 g/mol. The summed E-state index contributed by atoms with van der Waals surface area (Å²) in [6, 6.07) is 1.80. The van der Waals surface area contributed by atoms with Gasteiger partial charge < -0.3 is 9.64 Å². The summed E-state index contributed by atoms with van der Waals surface area (Å²) in [6.45, 7) is 4.95. The molecule has 0 N–H and O–H groups in total. The van der Waals surface area contributed by atoms with Crippen molar-refractivity contribution >= 4 is 23.3 Å². The van der Waals surface area contributed by atoms with Gasteiger partial charge in [0.15, 0.2) is 0 Å². The largest absolute Gasteiger partial charge is 0.453 e. The highest BCUT2D eigenvalue weighted by Crippen LogP contribution is 2.21. The third-order valence-corrected chi connectivity index (χ3v) is 5.82. The Morgan fingerprint density at radius 3 is 2.80 bits per heavy atom. The van der Waals surface area contributed by atoms with E-state index in [0.29, 0.717) is 6.54 Å². The summed E-state index contributed by atoms with van der Waals surface area (Å²) in [4.78, 5) is 31.0. The lowest BCUT2D eigenvalue weighted by Gasteiger charge is -2.36. The predicted octanol–water partition coefficient (Wildman–Crippen LogP) is 2.40. The second-order valence-corrected chi connectivity index (χ2v) is 7.54. The Balaban J connectivity index is 1.59. The molecule has 2 aliphatic heterocycles. The Hall–Kier alpha value is -1.60. The molecule has 2 aliphatic rings. The van der Waals surface area contributed by atoms with Crippen LogP contribution in [-0.2, 0) is 16.1 Å². The second kappa shape index (κ2) is 8.67. The standard InChI is InChI=1S/C18H27N3O3S/c1-24-18(23)21-9-3-2-5-16(21)17(22)20-8-4-7-19(10-11-20)13-15-6-12-25-14-15/h6,12,14,16H,2-5,7-11,13H2,1H3. The van der Waals surface area contributed by atoms with Crippen molar-refractivity contribution in [2.75, 3.05) is 39.8 Å². The van der Waals surface area contributed by atoms with Crippen LogP contribution in [0.25, 0.3) is 0 Å². The first kappa shape index (κ1) is 18.2. The molecular formula is C18H27N3O3S. The molecule has 0 bridgehead atoms. The van der Waals surface area contributed by atoms with Gasteiger partial charge in [0, 0.05) is 39.3 Å². The smallest absolute Gasteiger partial charge is 0.410 e. The zero-order chi connectivity index (χ0) is 17.6. The zero-order valence-electron chi connectivity index (χ0n) is 14.9. The van der Waals surface area contributed by atoms with E-state index in [4.69, 9.17) is 4.74 Å². The van der Waals surface area contributed by atoms with Gasteiger partial charge in [-0.2, -0.15) is 11.3 Å². The Bertz CT molecular complexity index is 578. The maximum absolute atomic E-state index is 13.0. The number of hydrogen-bond donors (Lipinski definition) is 0. The minimum Gasteiger partial charge on any atom is -0.453 e. The molecule has 2 fully saturated rings. The van der Waals surface area contributed by atoms with Crippen molar-refractivity contribution in [3.63, 3.8) is 0 Å². The molecule has 25 heavy (non-hydrogen) atoms. The number of carbonyl (C=O) groups is 2. The first-order valence-electron chi connectivity index (χ1n) is 9.06. The highest BCUT2D eigenvalue weighted by atomic mass is 32.1. The summed E-state index contributed by atoms with van der Waals surface area (Å²) in [6.07, 6.45) is 3.26. The first-order valence-corrected chi connectivity index (χ1v) is 10.00. The number of hydrogen-bond acceptors (Lipinski definition) is 5. The molecule has 0 aromatic carbocycles. The van der Waals surface area contributed by atoms with E-state index in [-0.39, 0.29) is 18.0 Å². The maximum atomic E-state index is 13.0. The fraction of sp³-hybridized carbons (Fsp3) is 0.667. The van der Waals surface area contributed by atoms with Crippen LogP contribution in [0.4, 0.5) is 4.79 Å². The zero-order valence-corrected chi connectivity index (χ0v) is 15.7. The molecule has 3 rings (SSSR count). The molecule has 2 amide bonds. The summed E-state index contributed by atoms with van der Waals surface area (Å²) in [5, 5.41) is 4.29. The van der Waals surface area contributed by atoms with Crippen LogP contribution >= 0.6 is 11.3 Å². The Labute approximate surface area is 153 Å². The van der Waals surface area contributed by atoms with Crippen molar-refractivity contribution in [3.05, 3.63) is 22.4 Å². The molecule has 0 radical (unpaired) electrons. The van der Waals surface area contributed by atoms with Crippen molar-refractivity contribution in [3.8, 4) is 0 Å². The van der Waals surface area contributed by atoms with E-state index in [2.05, 4.69) is 21.7 Å². The number of thiophene rings is 1. The van der Waals surface area contributed by atoms with Crippen LogP contribution in [0.5, 0.6) is 0 Å². The monoisotopic (exact) mass is 365 g/mol. The Kier molecular flexibility index (Phi) is 6.31. The summed E-state index contributed by atoms with van der Waals surface area (Å²) < 4.78 is 4.87. The lowest BCUT2D eigenvalue weighted by atomic mass is 10.0. The van der Waals surface area contributed by atoms with Crippen molar-refractivity contribution in [1.82, 2.24) is 14.7 Å². The van der Waals surface area contributed by atoms with Gasteiger partial charge in [-0.15, -0.1) is 0 Å². The van der Waals surface area contributed by atoms with E-state index in [0.717, 1.165) is 58.4 Å².